The van der Waals surface area contributed by atoms with Gasteiger partial charge in [-0.3, -0.25) is 9.59 Å². The quantitative estimate of drug-likeness (QED) is 0.425. The minimum absolute atomic E-state index is 0.0450. The largest absolute Gasteiger partial charge is 0.494 e. The molecule has 0 unspecified atom stereocenters. The predicted molar refractivity (Wildman–Crippen MR) is 130 cm³/mol. The first-order valence-corrected chi connectivity index (χ1v) is 11.8. The van der Waals surface area contributed by atoms with Crippen molar-refractivity contribution < 1.29 is 14.3 Å². The fraction of sp³-hybridized carbons (Fsp3) is 0.462. The maximum Gasteiger partial charge on any atom is 0.243 e. The third-order valence-corrected chi connectivity index (χ3v) is 5.73. The van der Waals surface area contributed by atoms with Crippen LogP contribution < -0.4 is 10.1 Å². The van der Waals surface area contributed by atoms with Crippen molar-refractivity contribution in [1.29, 1.82) is 0 Å². The van der Waals surface area contributed by atoms with E-state index in [1.165, 1.54) is 0 Å². The molecule has 0 aliphatic rings. The summed E-state index contributed by atoms with van der Waals surface area (Å²) >= 11 is 5.90. The molecule has 0 aliphatic carbocycles. The van der Waals surface area contributed by atoms with Crippen LogP contribution in [0.25, 0.3) is 0 Å². The zero-order valence-electron chi connectivity index (χ0n) is 19.6. The molecule has 0 aromatic heterocycles. The minimum Gasteiger partial charge on any atom is -0.494 e. The van der Waals surface area contributed by atoms with Crippen molar-refractivity contribution in [1.82, 2.24) is 10.2 Å². The van der Waals surface area contributed by atoms with Gasteiger partial charge in [0, 0.05) is 24.0 Å². The summed E-state index contributed by atoms with van der Waals surface area (Å²) in [4.78, 5) is 27.9. The number of benzene rings is 2. The smallest absolute Gasteiger partial charge is 0.243 e. The fourth-order valence-electron chi connectivity index (χ4n) is 3.34. The lowest BCUT2D eigenvalue weighted by molar-refractivity contribution is -0.141. The number of halogens is 1. The monoisotopic (exact) mass is 458 g/mol. The maximum absolute atomic E-state index is 13.2. The molecule has 2 amide bonds. The van der Waals surface area contributed by atoms with Crippen molar-refractivity contribution in [3.63, 3.8) is 0 Å². The molecule has 0 spiro atoms. The lowest BCUT2D eigenvalue weighted by Crippen LogP contribution is -2.50. The predicted octanol–water partition coefficient (Wildman–Crippen LogP) is 5.53. The van der Waals surface area contributed by atoms with E-state index in [9.17, 15) is 9.59 Å². The highest BCUT2D eigenvalue weighted by Gasteiger charge is 2.28. The van der Waals surface area contributed by atoms with E-state index in [2.05, 4.69) is 5.32 Å². The minimum atomic E-state index is -0.505. The highest BCUT2D eigenvalue weighted by Crippen LogP contribution is 2.17. The van der Waals surface area contributed by atoms with Crippen molar-refractivity contribution in [3.05, 3.63) is 64.7 Å². The molecule has 6 heteroatoms. The Labute approximate surface area is 197 Å². The van der Waals surface area contributed by atoms with Crippen LogP contribution in [0.15, 0.2) is 48.5 Å². The van der Waals surface area contributed by atoms with Gasteiger partial charge in [0.2, 0.25) is 11.8 Å². The topological polar surface area (TPSA) is 58.6 Å². The van der Waals surface area contributed by atoms with E-state index in [0.29, 0.717) is 37.4 Å². The zero-order chi connectivity index (χ0) is 23.5. The standard InChI is InChI=1S/C26H35ClN2O3/c1-5-20(4)28-26(31)24(6-2)29(18-21-11-9-19(3)10-12-21)25(30)8-7-17-32-23-15-13-22(27)14-16-23/h9-16,20,24H,5-8,17-18H2,1-4H3,(H,28,31)/t20-,24-/m1/s1. The first kappa shape index (κ1) is 25.7. The second-order valence-electron chi connectivity index (χ2n) is 8.16. The normalized spacial score (nSPS) is 12.7. The number of ether oxygens (including phenoxy) is 1. The molecule has 1 N–H and O–H groups in total. The third-order valence-electron chi connectivity index (χ3n) is 5.48. The molecule has 2 rings (SSSR count). The van der Waals surface area contributed by atoms with Gasteiger partial charge in [-0.05, 0) is 62.9 Å². The number of hydrogen-bond donors (Lipinski definition) is 1. The van der Waals surface area contributed by atoms with Crippen LogP contribution in [0.4, 0.5) is 0 Å². The first-order chi connectivity index (χ1) is 15.3. The van der Waals surface area contributed by atoms with E-state index in [1.807, 2.05) is 52.0 Å². The number of carbonyl (C=O) groups is 2. The Bertz CT molecular complexity index is 852. The molecule has 0 fully saturated rings. The summed E-state index contributed by atoms with van der Waals surface area (Å²) in [7, 11) is 0. The van der Waals surface area contributed by atoms with Gasteiger partial charge >= 0.3 is 0 Å². The number of aryl methyl sites for hydroxylation is 1. The molecule has 0 aliphatic heterocycles. The molecule has 2 aromatic rings. The van der Waals surface area contributed by atoms with Crippen molar-refractivity contribution in [2.45, 2.75) is 72.0 Å². The van der Waals surface area contributed by atoms with Gasteiger partial charge in [0.1, 0.15) is 11.8 Å². The summed E-state index contributed by atoms with van der Waals surface area (Å²) < 4.78 is 5.72. The summed E-state index contributed by atoms with van der Waals surface area (Å²) in [6.07, 6.45) is 2.28. The van der Waals surface area contributed by atoms with Crippen LogP contribution in [0, 0.1) is 6.92 Å². The fourth-order valence-corrected chi connectivity index (χ4v) is 3.46. The summed E-state index contributed by atoms with van der Waals surface area (Å²) in [5, 5.41) is 3.69. The second kappa shape index (κ2) is 13.1. The van der Waals surface area contributed by atoms with Gasteiger partial charge in [-0.25, -0.2) is 0 Å². The van der Waals surface area contributed by atoms with Crippen LogP contribution >= 0.6 is 11.6 Å². The first-order valence-electron chi connectivity index (χ1n) is 11.4. The number of nitrogens with one attached hydrogen (secondary N) is 1. The van der Waals surface area contributed by atoms with Gasteiger partial charge in [-0.15, -0.1) is 0 Å². The van der Waals surface area contributed by atoms with Gasteiger partial charge in [0.25, 0.3) is 0 Å². The van der Waals surface area contributed by atoms with Gasteiger partial charge in [0.15, 0.2) is 0 Å². The Morgan fingerprint density at radius 2 is 1.69 bits per heavy atom. The van der Waals surface area contributed by atoms with Crippen molar-refractivity contribution >= 4 is 23.4 Å². The molecule has 0 heterocycles. The summed E-state index contributed by atoms with van der Waals surface area (Å²) in [5.74, 6) is 0.578. The Hall–Kier alpha value is -2.53. The number of rotatable bonds is 12. The molecule has 2 atom stereocenters. The van der Waals surface area contributed by atoms with Crippen molar-refractivity contribution in [2.75, 3.05) is 6.61 Å². The molecule has 0 radical (unpaired) electrons. The van der Waals surface area contributed by atoms with E-state index in [-0.39, 0.29) is 17.9 Å². The van der Waals surface area contributed by atoms with Crippen LogP contribution in [0.1, 0.15) is 57.6 Å². The van der Waals surface area contributed by atoms with E-state index < -0.39 is 6.04 Å². The molecule has 0 saturated carbocycles. The van der Waals surface area contributed by atoms with Crippen LogP contribution in [-0.4, -0.2) is 35.4 Å². The zero-order valence-corrected chi connectivity index (χ0v) is 20.3. The highest BCUT2D eigenvalue weighted by atomic mass is 35.5. The number of amides is 2. The van der Waals surface area contributed by atoms with Crippen molar-refractivity contribution in [3.8, 4) is 5.75 Å². The van der Waals surface area contributed by atoms with Crippen LogP contribution in [0.3, 0.4) is 0 Å². The average molecular weight is 459 g/mol. The highest BCUT2D eigenvalue weighted by molar-refractivity contribution is 6.30. The number of nitrogens with zero attached hydrogens (tertiary/aromatic N) is 1. The molecule has 2 aromatic carbocycles. The summed E-state index contributed by atoms with van der Waals surface area (Å²) in [6, 6.07) is 14.8. The van der Waals surface area contributed by atoms with E-state index in [0.717, 1.165) is 23.3 Å². The summed E-state index contributed by atoms with van der Waals surface area (Å²) in [6.45, 7) is 8.81. The molecular weight excluding hydrogens is 424 g/mol. The SMILES string of the molecule is CC[C@@H](C)NC(=O)[C@@H](CC)N(Cc1ccc(C)cc1)C(=O)CCCOc1ccc(Cl)cc1. The lowest BCUT2D eigenvalue weighted by atomic mass is 10.1. The molecule has 0 bridgehead atoms. The molecular formula is C26H35ClN2O3. The van der Waals surface area contributed by atoms with Gasteiger partial charge in [-0.2, -0.15) is 0 Å². The number of hydrogen-bond acceptors (Lipinski definition) is 3. The molecule has 174 valence electrons. The van der Waals surface area contributed by atoms with Crippen LogP contribution in [-0.2, 0) is 16.1 Å². The average Bonchev–Trinajstić information content (AvgIpc) is 2.78. The Kier molecular flexibility index (Phi) is 10.5. The maximum atomic E-state index is 13.2. The van der Waals surface area contributed by atoms with Crippen LogP contribution in [0.5, 0.6) is 5.75 Å². The lowest BCUT2D eigenvalue weighted by Gasteiger charge is -2.31. The van der Waals surface area contributed by atoms with E-state index >= 15 is 0 Å². The van der Waals surface area contributed by atoms with Crippen LogP contribution in [0.2, 0.25) is 5.02 Å². The summed E-state index contributed by atoms with van der Waals surface area (Å²) in [5.41, 5.74) is 2.17. The van der Waals surface area contributed by atoms with E-state index in [4.69, 9.17) is 16.3 Å². The second-order valence-corrected chi connectivity index (χ2v) is 8.59. The van der Waals surface area contributed by atoms with Crippen molar-refractivity contribution in [2.24, 2.45) is 0 Å². The molecule has 32 heavy (non-hydrogen) atoms. The Morgan fingerprint density at radius 1 is 1.03 bits per heavy atom. The molecule has 0 saturated heterocycles. The Morgan fingerprint density at radius 3 is 2.28 bits per heavy atom. The molecule has 5 nitrogen and oxygen atoms in total. The van der Waals surface area contributed by atoms with Gasteiger partial charge in [0.05, 0.1) is 6.61 Å². The third kappa shape index (κ3) is 8.19. The number of carbonyl (C=O) groups excluding carboxylic acids is 2. The van der Waals surface area contributed by atoms with Gasteiger partial charge < -0.3 is 15.0 Å². The van der Waals surface area contributed by atoms with E-state index in [1.54, 1.807) is 29.2 Å². The Balaban J connectivity index is 2.05. The van der Waals surface area contributed by atoms with Gasteiger partial charge in [-0.1, -0.05) is 55.3 Å².